The third-order valence-corrected chi connectivity index (χ3v) is 5.95. The molecule has 5 N–H and O–H groups in total. The Kier molecular flexibility index (Phi) is 7.09. The number of hydrogen-bond donors (Lipinski definition) is 5. The normalized spacial score (nSPS) is 13.2. The van der Waals surface area contributed by atoms with E-state index in [2.05, 4.69) is 43.4 Å². The van der Waals surface area contributed by atoms with E-state index in [4.69, 9.17) is 0 Å². The number of anilines is 4. The van der Waals surface area contributed by atoms with Gasteiger partial charge in [0.2, 0.25) is 0 Å². The molecule has 0 unspecified atom stereocenters. The summed E-state index contributed by atoms with van der Waals surface area (Å²) in [5.74, 6) is 0.997. The molecule has 8 nitrogen and oxygen atoms in total. The first-order valence-electron chi connectivity index (χ1n) is 11.6. The quantitative estimate of drug-likeness (QED) is 0.349. The van der Waals surface area contributed by atoms with Crippen molar-refractivity contribution in [3.05, 3.63) is 71.0 Å². The molecule has 1 aliphatic heterocycles. The number of nitrogens with one attached hydrogen (secondary N) is 4. The van der Waals surface area contributed by atoms with Crippen molar-refractivity contribution in [3.63, 3.8) is 0 Å². The maximum atomic E-state index is 12.7. The minimum absolute atomic E-state index is 0.0201. The van der Waals surface area contributed by atoms with Gasteiger partial charge in [0.25, 0.3) is 5.91 Å². The van der Waals surface area contributed by atoms with E-state index in [-0.39, 0.29) is 12.5 Å². The zero-order chi connectivity index (χ0) is 24.1. The van der Waals surface area contributed by atoms with E-state index in [9.17, 15) is 9.90 Å². The summed E-state index contributed by atoms with van der Waals surface area (Å²) < 4.78 is 0. The summed E-state index contributed by atoms with van der Waals surface area (Å²) in [6.45, 7) is 8.10. The van der Waals surface area contributed by atoms with Crippen molar-refractivity contribution in [1.82, 2.24) is 20.6 Å². The number of hydrogen-bond acceptors (Lipinski definition) is 7. The molecule has 34 heavy (non-hydrogen) atoms. The van der Waals surface area contributed by atoms with Gasteiger partial charge in [0.1, 0.15) is 11.6 Å². The second-order valence-corrected chi connectivity index (χ2v) is 9.08. The predicted molar refractivity (Wildman–Crippen MR) is 135 cm³/mol. The van der Waals surface area contributed by atoms with E-state index in [0.29, 0.717) is 29.4 Å². The molecule has 3 aromatic rings. The highest BCUT2D eigenvalue weighted by Gasteiger charge is 2.22. The first-order chi connectivity index (χ1) is 16.4. The summed E-state index contributed by atoms with van der Waals surface area (Å²) in [4.78, 5) is 21.8. The number of aliphatic hydroxyl groups is 1. The molecule has 178 valence electrons. The van der Waals surface area contributed by atoms with Crippen molar-refractivity contribution in [2.24, 2.45) is 0 Å². The Labute approximate surface area is 200 Å². The summed E-state index contributed by atoms with van der Waals surface area (Å²) in [6, 6.07) is 13.8. The number of nitrogens with zero attached hydrogens (tertiary/aromatic N) is 2. The molecule has 2 aromatic heterocycles. The van der Waals surface area contributed by atoms with Gasteiger partial charge in [0.05, 0.1) is 23.6 Å². The number of amides is 1. The van der Waals surface area contributed by atoms with Crippen LogP contribution in [0.25, 0.3) is 0 Å². The zero-order valence-electron chi connectivity index (χ0n) is 19.9. The Balaban J connectivity index is 1.64. The molecule has 3 heterocycles. The molecule has 0 saturated carbocycles. The zero-order valence-corrected chi connectivity index (χ0v) is 19.9. The molecule has 0 atom stereocenters. The van der Waals surface area contributed by atoms with Crippen LogP contribution in [0.15, 0.2) is 48.7 Å². The van der Waals surface area contributed by atoms with Crippen LogP contribution in [-0.2, 0) is 18.4 Å². The van der Waals surface area contributed by atoms with Crippen LogP contribution < -0.4 is 21.3 Å². The summed E-state index contributed by atoms with van der Waals surface area (Å²) >= 11 is 0. The van der Waals surface area contributed by atoms with E-state index >= 15 is 0 Å². The van der Waals surface area contributed by atoms with Crippen LogP contribution in [0.2, 0.25) is 0 Å². The summed E-state index contributed by atoms with van der Waals surface area (Å²) in [5.41, 5.74) is 4.90. The number of rotatable bonds is 8. The topological polar surface area (TPSA) is 111 Å². The van der Waals surface area contributed by atoms with Gasteiger partial charge in [0, 0.05) is 36.5 Å². The number of carbonyl (C=O) groups is 1. The van der Waals surface area contributed by atoms with Crippen molar-refractivity contribution in [1.29, 1.82) is 0 Å². The van der Waals surface area contributed by atoms with E-state index in [1.54, 1.807) is 6.20 Å². The highest BCUT2D eigenvalue weighted by molar-refractivity contribution is 6.00. The average Bonchev–Trinajstić information content (AvgIpc) is 2.84. The smallest absolute Gasteiger partial charge is 0.254 e. The van der Waals surface area contributed by atoms with Crippen LogP contribution >= 0.6 is 0 Å². The molecule has 1 amide bonds. The fraction of sp³-hybridized carbons (Fsp3) is 0.346. The number of benzene rings is 1. The minimum atomic E-state index is -0.479. The van der Waals surface area contributed by atoms with Crippen molar-refractivity contribution in [2.45, 2.75) is 39.2 Å². The van der Waals surface area contributed by atoms with Gasteiger partial charge >= 0.3 is 0 Å². The first kappa shape index (κ1) is 23.7. The van der Waals surface area contributed by atoms with E-state index in [0.717, 1.165) is 30.9 Å². The molecule has 0 saturated heterocycles. The molecule has 0 radical (unpaired) electrons. The van der Waals surface area contributed by atoms with Crippen molar-refractivity contribution in [2.75, 3.05) is 30.3 Å². The molecule has 1 aromatic carbocycles. The molecular formula is C26H32N6O2. The van der Waals surface area contributed by atoms with Gasteiger partial charge in [-0.3, -0.25) is 4.79 Å². The lowest BCUT2D eigenvalue weighted by Crippen LogP contribution is -2.25. The second-order valence-electron chi connectivity index (χ2n) is 9.08. The van der Waals surface area contributed by atoms with Crippen molar-refractivity contribution < 1.29 is 9.90 Å². The van der Waals surface area contributed by atoms with Gasteiger partial charge < -0.3 is 26.4 Å². The monoisotopic (exact) mass is 460 g/mol. The highest BCUT2D eigenvalue weighted by Crippen LogP contribution is 2.28. The Morgan fingerprint density at radius 1 is 1.12 bits per heavy atom. The first-order valence-corrected chi connectivity index (χ1v) is 11.6. The van der Waals surface area contributed by atoms with Crippen LogP contribution in [-0.4, -0.2) is 40.7 Å². The highest BCUT2D eigenvalue weighted by atomic mass is 16.3. The maximum absolute atomic E-state index is 12.7. The van der Waals surface area contributed by atoms with Crippen LogP contribution in [0.1, 0.15) is 48.0 Å². The molecule has 8 heteroatoms. The number of fused-ring (bicyclic) bond motifs is 1. The van der Waals surface area contributed by atoms with Crippen LogP contribution in [0.4, 0.5) is 23.0 Å². The van der Waals surface area contributed by atoms with E-state index < -0.39 is 5.41 Å². The molecule has 0 fully saturated rings. The van der Waals surface area contributed by atoms with Gasteiger partial charge in [-0.25, -0.2) is 9.97 Å². The fourth-order valence-corrected chi connectivity index (χ4v) is 3.87. The number of aromatic nitrogens is 2. The Morgan fingerprint density at radius 3 is 2.76 bits per heavy atom. The standard InChI is InChI=1S/C26H32N6O2/c1-4-28-25(34)20-15-29-24(30-19-9-8-18-14-27-11-10-17(18)12-19)13-21(20)31-23-7-5-6-22(32-23)26(2,3)16-33/h5-9,12-13,15,27,33H,4,10-11,14,16H2,1-3H3,(H,28,34)(H2,29,30,31,32). The molecule has 0 spiro atoms. The molecular weight excluding hydrogens is 428 g/mol. The van der Waals surface area contributed by atoms with Gasteiger partial charge in [0.15, 0.2) is 0 Å². The molecule has 1 aliphatic rings. The summed E-state index contributed by atoms with van der Waals surface area (Å²) in [6.07, 6.45) is 2.56. The Bertz CT molecular complexity index is 1180. The van der Waals surface area contributed by atoms with Crippen LogP contribution in [0.3, 0.4) is 0 Å². The van der Waals surface area contributed by atoms with E-state index in [1.165, 1.54) is 11.1 Å². The Morgan fingerprint density at radius 2 is 1.97 bits per heavy atom. The number of pyridine rings is 2. The lowest BCUT2D eigenvalue weighted by atomic mass is 9.90. The molecule has 0 aliphatic carbocycles. The van der Waals surface area contributed by atoms with E-state index in [1.807, 2.05) is 51.1 Å². The van der Waals surface area contributed by atoms with Crippen LogP contribution in [0.5, 0.6) is 0 Å². The average molecular weight is 461 g/mol. The largest absolute Gasteiger partial charge is 0.395 e. The van der Waals surface area contributed by atoms with Crippen LogP contribution in [0, 0.1) is 0 Å². The molecule has 4 rings (SSSR count). The number of carbonyl (C=O) groups excluding carboxylic acids is 1. The fourth-order valence-electron chi connectivity index (χ4n) is 3.87. The van der Waals surface area contributed by atoms with Gasteiger partial charge in [-0.1, -0.05) is 26.0 Å². The predicted octanol–water partition coefficient (Wildman–Crippen LogP) is 3.63. The summed E-state index contributed by atoms with van der Waals surface area (Å²) in [7, 11) is 0. The SMILES string of the molecule is CCNC(=O)c1cnc(Nc2ccc3c(c2)CCNC3)cc1Nc1cccc(C(C)(C)CO)n1. The third-order valence-electron chi connectivity index (χ3n) is 5.95. The Hall–Kier alpha value is -3.49. The van der Waals surface area contributed by atoms with Gasteiger partial charge in [-0.05, 0) is 55.3 Å². The van der Waals surface area contributed by atoms with Gasteiger partial charge in [-0.15, -0.1) is 0 Å². The maximum Gasteiger partial charge on any atom is 0.254 e. The number of aliphatic hydroxyl groups excluding tert-OH is 1. The van der Waals surface area contributed by atoms with Crippen molar-refractivity contribution >= 4 is 28.9 Å². The summed E-state index contributed by atoms with van der Waals surface area (Å²) in [5, 5.41) is 22.6. The third kappa shape index (κ3) is 5.35. The molecule has 0 bridgehead atoms. The lowest BCUT2D eigenvalue weighted by molar-refractivity contribution is 0.0956. The van der Waals surface area contributed by atoms with Crippen molar-refractivity contribution in [3.8, 4) is 0 Å². The lowest BCUT2D eigenvalue weighted by Gasteiger charge is -2.22. The second kappa shape index (κ2) is 10.2. The minimum Gasteiger partial charge on any atom is -0.395 e. The van der Waals surface area contributed by atoms with Gasteiger partial charge in [-0.2, -0.15) is 0 Å².